The molecule has 0 aromatic heterocycles. The molecule has 6 nitrogen and oxygen atoms in total. The van der Waals surface area contributed by atoms with Crippen LogP contribution in [0.15, 0.2) is 64.6 Å². The molecular formula is C17H11N3O3S2. The molecule has 1 aliphatic rings. The fraction of sp³-hybridized carbons (Fsp3) is 0. The maximum Gasteiger partial charge on any atom is 0.286 e. The van der Waals surface area contributed by atoms with E-state index in [-0.39, 0.29) is 11.6 Å². The SMILES string of the molecule is O=C1/C(=C\c2ccc([N+](=O)[O-])cc2)SC(=S)N1/N=C/c1ccccc1. The van der Waals surface area contributed by atoms with Gasteiger partial charge in [0.1, 0.15) is 0 Å². The lowest BCUT2D eigenvalue weighted by atomic mass is 10.2. The van der Waals surface area contributed by atoms with Gasteiger partial charge in [-0.15, -0.1) is 0 Å². The van der Waals surface area contributed by atoms with Crippen molar-refractivity contribution in [2.24, 2.45) is 5.10 Å². The zero-order valence-electron chi connectivity index (χ0n) is 12.7. The van der Waals surface area contributed by atoms with E-state index in [0.29, 0.717) is 14.8 Å². The van der Waals surface area contributed by atoms with Gasteiger partial charge in [-0.05, 0) is 41.6 Å². The lowest BCUT2D eigenvalue weighted by Crippen LogP contribution is -2.22. The van der Waals surface area contributed by atoms with Crippen molar-refractivity contribution in [2.45, 2.75) is 0 Å². The van der Waals surface area contributed by atoms with Crippen LogP contribution in [-0.4, -0.2) is 26.4 Å². The van der Waals surface area contributed by atoms with E-state index in [1.54, 1.807) is 24.4 Å². The van der Waals surface area contributed by atoms with Gasteiger partial charge in [-0.3, -0.25) is 14.9 Å². The van der Waals surface area contributed by atoms with E-state index >= 15 is 0 Å². The molecule has 1 aliphatic heterocycles. The Morgan fingerprint density at radius 2 is 1.76 bits per heavy atom. The predicted molar refractivity (Wildman–Crippen MR) is 102 cm³/mol. The number of nitro groups is 1. The Hall–Kier alpha value is -2.84. The number of carbonyl (C=O) groups is 1. The normalized spacial score (nSPS) is 16.2. The summed E-state index contributed by atoms with van der Waals surface area (Å²) in [6.45, 7) is 0. The Bertz CT molecular complexity index is 893. The topological polar surface area (TPSA) is 75.8 Å². The zero-order valence-corrected chi connectivity index (χ0v) is 14.4. The number of carbonyl (C=O) groups excluding carboxylic acids is 1. The van der Waals surface area contributed by atoms with E-state index in [0.717, 1.165) is 17.3 Å². The summed E-state index contributed by atoms with van der Waals surface area (Å²) in [5, 5.41) is 16.0. The summed E-state index contributed by atoms with van der Waals surface area (Å²) in [7, 11) is 0. The summed E-state index contributed by atoms with van der Waals surface area (Å²) in [5.74, 6) is -0.319. The van der Waals surface area contributed by atoms with E-state index < -0.39 is 4.92 Å². The minimum atomic E-state index is -0.471. The second kappa shape index (κ2) is 7.37. The number of hydrazone groups is 1. The summed E-state index contributed by atoms with van der Waals surface area (Å²) in [4.78, 5) is 23.1. The van der Waals surface area contributed by atoms with E-state index in [1.165, 1.54) is 17.1 Å². The standard InChI is InChI=1S/C17H11N3O3S2/c21-16-15(10-12-6-8-14(9-7-12)20(22)23)25-17(24)19(16)18-11-13-4-2-1-3-5-13/h1-11H/b15-10+,18-11+. The molecular weight excluding hydrogens is 358 g/mol. The molecule has 2 aromatic rings. The lowest BCUT2D eigenvalue weighted by Gasteiger charge is -2.05. The Balaban J connectivity index is 1.78. The highest BCUT2D eigenvalue weighted by Crippen LogP contribution is 2.32. The molecule has 1 amide bonds. The summed E-state index contributed by atoms with van der Waals surface area (Å²) in [5.41, 5.74) is 1.53. The van der Waals surface area contributed by atoms with Crippen LogP contribution in [0.4, 0.5) is 5.69 Å². The van der Waals surface area contributed by atoms with Gasteiger partial charge in [0.25, 0.3) is 11.6 Å². The van der Waals surface area contributed by atoms with Crippen LogP contribution in [0.2, 0.25) is 0 Å². The summed E-state index contributed by atoms with van der Waals surface area (Å²) >= 11 is 6.35. The smallest absolute Gasteiger partial charge is 0.266 e. The molecule has 0 atom stereocenters. The Kier molecular flexibility index (Phi) is 5.01. The number of nitro benzene ring substituents is 1. The van der Waals surface area contributed by atoms with Gasteiger partial charge in [0.2, 0.25) is 0 Å². The number of hydrogen-bond donors (Lipinski definition) is 0. The van der Waals surface area contributed by atoms with Crippen LogP contribution in [0, 0.1) is 10.1 Å². The quantitative estimate of drug-likeness (QED) is 0.269. The number of amides is 1. The summed E-state index contributed by atoms with van der Waals surface area (Å²) < 4.78 is 0.338. The Morgan fingerprint density at radius 3 is 2.40 bits per heavy atom. The van der Waals surface area contributed by atoms with Crippen molar-refractivity contribution in [3.63, 3.8) is 0 Å². The van der Waals surface area contributed by atoms with Gasteiger partial charge >= 0.3 is 0 Å². The fourth-order valence-corrected chi connectivity index (χ4v) is 3.24. The zero-order chi connectivity index (χ0) is 17.8. The predicted octanol–water partition coefficient (Wildman–Crippen LogP) is 3.83. The van der Waals surface area contributed by atoms with Crippen molar-refractivity contribution in [1.82, 2.24) is 5.01 Å². The molecule has 0 bridgehead atoms. The highest BCUT2D eigenvalue weighted by molar-refractivity contribution is 8.26. The number of nitrogens with zero attached hydrogens (tertiary/aromatic N) is 3. The van der Waals surface area contributed by atoms with Crippen LogP contribution >= 0.6 is 24.0 Å². The van der Waals surface area contributed by atoms with Crippen LogP contribution in [0.25, 0.3) is 6.08 Å². The van der Waals surface area contributed by atoms with E-state index in [2.05, 4.69) is 5.10 Å². The molecule has 0 saturated carbocycles. The van der Waals surface area contributed by atoms with Crippen molar-refractivity contribution >= 4 is 52.2 Å². The first-order valence-corrected chi connectivity index (χ1v) is 8.38. The monoisotopic (exact) mass is 369 g/mol. The average molecular weight is 369 g/mol. The van der Waals surface area contributed by atoms with Gasteiger partial charge in [0.15, 0.2) is 4.32 Å². The summed E-state index contributed by atoms with van der Waals surface area (Å²) in [6, 6.07) is 15.3. The molecule has 1 heterocycles. The minimum Gasteiger partial charge on any atom is -0.266 e. The summed E-state index contributed by atoms with van der Waals surface area (Å²) in [6.07, 6.45) is 3.21. The van der Waals surface area contributed by atoms with Gasteiger partial charge in [-0.25, -0.2) is 0 Å². The van der Waals surface area contributed by atoms with Crippen LogP contribution in [-0.2, 0) is 4.79 Å². The maximum atomic E-state index is 12.4. The van der Waals surface area contributed by atoms with Crippen molar-refractivity contribution < 1.29 is 9.72 Å². The molecule has 3 rings (SSSR count). The molecule has 1 fully saturated rings. The van der Waals surface area contributed by atoms with Gasteiger partial charge in [-0.2, -0.15) is 10.1 Å². The van der Waals surface area contributed by atoms with E-state index in [1.807, 2.05) is 30.3 Å². The number of rotatable bonds is 4. The first-order chi connectivity index (χ1) is 12.0. The third kappa shape index (κ3) is 3.98. The van der Waals surface area contributed by atoms with Crippen molar-refractivity contribution in [3.8, 4) is 0 Å². The van der Waals surface area contributed by atoms with Crippen molar-refractivity contribution in [2.75, 3.05) is 0 Å². The van der Waals surface area contributed by atoms with Crippen molar-refractivity contribution in [1.29, 1.82) is 0 Å². The number of thioether (sulfide) groups is 1. The first-order valence-electron chi connectivity index (χ1n) is 7.16. The number of benzene rings is 2. The molecule has 0 N–H and O–H groups in total. The second-order valence-corrected chi connectivity index (χ2v) is 6.67. The molecule has 0 radical (unpaired) electrons. The highest BCUT2D eigenvalue weighted by Gasteiger charge is 2.32. The fourth-order valence-electron chi connectivity index (χ4n) is 2.07. The first kappa shape index (κ1) is 17.0. The minimum absolute atomic E-state index is 0.00263. The third-order valence-corrected chi connectivity index (χ3v) is 4.58. The molecule has 8 heteroatoms. The largest absolute Gasteiger partial charge is 0.286 e. The van der Waals surface area contributed by atoms with Gasteiger partial charge in [0.05, 0.1) is 16.0 Å². The molecule has 1 saturated heterocycles. The molecule has 0 unspecified atom stereocenters. The maximum absolute atomic E-state index is 12.4. The van der Waals surface area contributed by atoms with Gasteiger partial charge in [-0.1, -0.05) is 42.1 Å². The lowest BCUT2D eigenvalue weighted by molar-refractivity contribution is -0.384. The van der Waals surface area contributed by atoms with Gasteiger partial charge in [0, 0.05) is 12.1 Å². The van der Waals surface area contributed by atoms with Gasteiger partial charge < -0.3 is 0 Å². The third-order valence-electron chi connectivity index (χ3n) is 3.30. The average Bonchev–Trinajstić information content (AvgIpc) is 2.88. The van der Waals surface area contributed by atoms with E-state index in [9.17, 15) is 14.9 Å². The number of hydrogen-bond acceptors (Lipinski definition) is 6. The van der Waals surface area contributed by atoms with Crippen LogP contribution in [0.5, 0.6) is 0 Å². The molecule has 25 heavy (non-hydrogen) atoms. The Morgan fingerprint density at radius 1 is 1.08 bits per heavy atom. The second-order valence-electron chi connectivity index (χ2n) is 5.00. The van der Waals surface area contributed by atoms with Crippen molar-refractivity contribution in [3.05, 3.63) is 80.7 Å². The number of thiocarbonyl (C=S) groups is 1. The van der Waals surface area contributed by atoms with Crippen LogP contribution in [0.1, 0.15) is 11.1 Å². The molecule has 2 aromatic carbocycles. The highest BCUT2D eigenvalue weighted by atomic mass is 32.2. The van der Waals surface area contributed by atoms with E-state index in [4.69, 9.17) is 12.2 Å². The van der Waals surface area contributed by atoms with Crippen LogP contribution < -0.4 is 0 Å². The Labute approximate surface area is 153 Å². The molecule has 124 valence electrons. The van der Waals surface area contributed by atoms with Crippen LogP contribution in [0.3, 0.4) is 0 Å². The molecule has 0 spiro atoms. The number of non-ortho nitro benzene ring substituents is 1. The molecule has 0 aliphatic carbocycles.